The molecule has 1 aromatic rings. The molecule has 1 aliphatic carbocycles. The molecule has 0 unspecified atom stereocenters. The molecule has 0 saturated heterocycles. The summed E-state index contributed by atoms with van der Waals surface area (Å²) in [5.74, 6) is 0.226. The summed E-state index contributed by atoms with van der Waals surface area (Å²) in [4.78, 5) is 0. The quantitative estimate of drug-likeness (QED) is 0.878. The number of aromatic hydroxyl groups is 1. The minimum absolute atomic E-state index is 0.133. The van der Waals surface area contributed by atoms with Gasteiger partial charge in [0.1, 0.15) is 5.75 Å². The zero-order valence-electron chi connectivity index (χ0n) is 11.9. The lowest BCUT2D eigenvalue weighted by atomic mass is 10.0. The Morgan fingerprint density at radius 1 is 1.20 bits per heavy atom. The van der Waals surface area contributed by atoms with E-state index < -0.39 is 10.0 Å². The Hall–Kier alpha value is -1.07. The highest BCUT2D eigenvalue weighted by Gasteiger charge is 2.28. The standard InChI is InChI=1S/C15H23NO3S/c1-12(11-13-7-9-14(17)10-8-13)16-20(18,19)15-5-3-2-4-6-15/h7-10,12,15-17H,2-6,11H2,1H3/t12-/m0/s1. The highest BCUT2D eigenvalue weighted by Crippen LogP contribution is 2.23. The third-order valence-corrected chi connectivity index (χ3v) is 5.91. The first-order valence-electron chi connectivity index (χ1n) is 7.26. The van der Waals surface area contributed by atoms with Crippen LogP contribution >= 0.6 is 0 Å². The van der Waals surface area contributed by atoms with E-state index in [2.05, 4.69) is 4.72 Å². The second-order valence-electron chi connectivity index (χ2n) is 5.69. The van der Waals surface area contributed by atoms with Crippen LogP contribution in [-0.2, 0) is 16.4 Å². The van der Waals surface area contributed by atoms with Gasteiger partial charge in [0.05, 0.1) is 5.25 Å². The van der Waals surface area contributed by atoms with Gasteiger partial charge in [-0.3, -0.25) is 0 Å². The van der Waals surface area contributed by atoms with Crippen LogP contribution in [0.2, 0.25) is 0 Å². The van der Waals surface area contributed by atoms with Gasteiger partial charge in [-0.25, -0.2) is 13.1 Å². The van der Waals surface area contributed by atoms with E-state index in [0.29, 0.717) is 6.42 Å². The predicted octanol–water partition coefficient (Wildman–Crippen LogP) is 2.58. The van der Waals surface area contributed by atoms with Crippen LogP contribution in [0.25, 0.3) is 0 Å². The molecule has 2 rings (SSSR count). The number of nitrogens with one attached hydrogen (secondary N) is 1. The minimum Gasteiger partial charge on any atom is -0.508 e. The fraction of sp³-hybridized carbons (Fsp3) is 0.600. The van der Waals surface area contributed by atoms with Crippen LogP contribution in [0.1, 0.15) is 44.6 Å². The average Bonchev–Trinajstić information content (AvgIpc) is 2.42. The van der Waals surface area contributed by atoms with Crippen LogP contribution in [0.3, 0.4) is 0 Å². The number of benzene rings is 1. The topological polar surface area (TPSA) is 66.4 Å². The Labute approximate surface area is 121 Å². The van der Waals surface area contributed by atoms with Crippen molar-refractivity contribution in [1.82, 2.24) is 4.72 Å². The molecule has 2 N–H and O–H groups in total. The zero-order chi connectivity index (χ0) is 14.6. The smallest absolute Gasteiger partial charge is 0.214 e. The average molecular weight is 297 g/mol. The SMILES string of the molecule is C[C@@H](Cc1ccc(O)cc1)NS(=O)(=O)C1CCCCC1. The van der Waals surface area contributed by atoms with Gasteiger partial charge in [-0.05, 0) is 43.9 Å². The maximum absolute atomic E-state index is 12.3. The lowest BCUT2D eigenvalue weighted by Gasteiger charge is -2.24. The van der Waals surface area contributed by atoms with E-state index in [4.69, 9.17) is 0 Å². The van der Waals surface area contributed by atoms with Crippen molar-refractivity contribution in [3.05, 3.63) is 29.8 Å². The van der Waals surface area contributed by atoms with Crippen LogP contribution in [0.4, 0.5) is 0 Å². The Kier molecular flexibility index (Phi) is 5.05. The predicted molar refractivity (Wildman–Crippen MR) is 80.2 cm³/mol. The van der Waals surface area contributed by atoms with Gasteiger partial charge in [0.15, 0.2) is 0 Å². The minimum atomic E-state index is -3.21. The first kappa shape index (κ1) is 15.3. The summed E-state index contributed by atoms with van der Waals surface area (Å²) in [5, 5.41) is 9.01. The third-order valence-electron chi connectivity index (χ3n) is 3.83. The van der Waals surface area contributed by atoms with Gasteiger partial charge in [-0.15, -0.1) is 0 Å². The summed E-state index contributed by atoms with van der Waals surface area (Å²) >= 11 is 0. The van der Waals surface area contributed by atoms with Crippen LogP contribution < -0.4 is 4.72 Å². The van der Waals surface area contributed by atoms with E-state index in [-0.39, 0.29) is 17.0 Å². The molecule has 0 amide bonds. The fourth-order valence-electron chi connectivity index (χ4n) is 2.78. The van der Waals surface area contributed by atoms with E-state index in [0.717, 1.165) is 37.7 Å². The van der Waals surface area contributed by atoms with Crippen LogP contribution in [-0.4, -0.2) is 24.8 Å². The van der Waals surface area contributed by atoms with E-state index in [1.807, 2.05) is 19.1 Å². The van der Waals surface area contributed by atoms with E-state index in [1.54, 1.807) is 12.1 Å². The number of hydrogen-bond acceptors (Lipinski definition) is 3. The number of hydrogen-bond donors (Lipinski definition) is 2. The van der Waals surface area contributed by atoms with Crippen LogP contribution in [0.5, 0.6) is 5.75 Å². The van der Waals surface area contributed by atoms with Gasteiger partial charge in [-0.2, -0.15) is 0 Å². The van der Waals surface area contributed by atoms with Crippen LogP contribution in [0.15, 0.2) is 24.3 Å². The molecular weight excluding hydrogens is 274 g/mol. The first-order valence-corrected chi connectivity index (χ1v) is 8.81. The maximum Gasteiger partial charge on any atom is 0.214 e. The first-order chi connectivity index (χ1) is 9.47. The van der Waals surface area contributed by atoms with Crippen molar-refractivity contribution in [2.24, 2.45) is 0 Å². The fourth-order valence-corrected chi connectivity index (χ4v) is 4.57. The van der Waals surface area contributed by atoms with Crippen molar-refractivity contribution in [3.8, 4) is 5.75 Å². The van der Waals surface area contributed by atoms with Crippen LogP contribution in [0, 0.1) is 0 Å². The van der Waals surface area contributed by atoms with Gasteiger partial charge in [0.25, 0.3) is 0 Å². The summed E-state index contributed by atoms with van der Waals surface area (Å²) in [7, 11) is -3.21. The molecule has 0 spiro atoms. The molecule has 5 heteroatoms. The summed E-state index contributed by atoms with van der Waals surface area (Å²) in [6, 6.07) is 6.75. The molecule has 0 heterocycles. The molecule has 1 fully saturated rings. The molecule has 20 heavy (non-hydrogen) atoms. The largest absolute Gasteiger partial charge is 0.508 e. The Morgan fingerprint density at radius 2 is 1.80 bits per heavy atom. The summed E-state index contributed by atoms with van der Waals surface area (Å²) in [5.41, 5.74) is 1.02. The Bertz CT molecular complexity index is 519. The molecule has 4 nitrogen and oxygen atoms in total. The van der Waals surface area contributed by atoms with Crippen molar-refractivity contribution in [2.75, 3.05) is 0 Å². The van der Waals surface area contributed by atoms with Gasteiger partial charge in [0.2, 0.25) is 10.0 Å². The molecule has 1 saturated carbocycles. The Morgan fingerprint density at radius 3 is 2.40 bits per heavy atom. The summed E-state index contributed by atoms with van der Waals surface area (Å²) < 4.78 is 27.4. The Balaban J connectivity index is 1.92. The van der Waals surface area contributed by atoms with Gasteiger partial charge < -0.3 is 5.11 Å². The number of rotatable bonds is 5. The molecule has 1 aromatic carbocycles. The lowest BCUT2D eigenvalue weighted by Crippen LogP contribution is -2.41. The highest BCUT2D eigenvalue weighted by atomic mass is 32.2. The second kappa shape index (κ2) is 6.59. The summed E-state index contributed by atoms with van der Waals surface area (Å²) in [6.45, 7) is 1.88. The van der Waals surface area contributed by atoms with Gasteiger partial charge in [0, 0.05) is 6.04 Å². The molecule has 1 aliphatic rings. The normalized spacial score (nSPS) is 18.9. The number of sulfonamides is 1. The van der Waals surface area contributed by atoms with Crippen molar-refractivity contribution in [2.45, 2.75) is 56.7 Å². The number of phenolic OH excluding ortho intramolecular Hbond substituents is 1. The molecule has 0 aromatic heterocycles. The third kappa shape index (κ3) is 4.21. The molecule has 1 atom stereocenters. The van der Waals surface area contributed by atoms with Gasteiger partial charge >= 0.3 is 0 Å². The molecule has 0 aliphatic heterocycles. The maximum atomic E-state index is 12.3. The van der Waals surface area contributed by atoms with E-state index in [9.17, 15) is 13.5 Å². The van der Waals surface area contributed by atoms with E-state index >= 15 is 0 Å². The molecule has 112 valence electrons. The zero-order valence-corrected chi connectivity index (χ0v) is 12.7. The van der Waals surface area contributed by atoms with Crippen molar-refractivity contribution in [3.63, 3.8) is 0 Å². The monoisotopic (exact) mass is 297 g/mol. The van der Waals surface area contributed by atoms with Crippen molar-refractivity contribution >= 4 is 10.0 Å². The molecule has 0 bridgehead atoms. The second-order valence-corrected chi connectivity index (χ2v) is 7.69. The highest BCUT2D eigenvalue weighted by molar-refractivity contribution is 7.90. The van der Waals surface area contributed by atoms with E-state index in [1.165, 1.54) is 0 Å². The number of phenols is 1. The van der Waals surface area contributed by atoms with Gasteiger partial charge in [-0.1, -0.05) is 31.4 Å². The molecule has 0 radical (unpaired) electrons. The molecular formula is C15H23NO3S. The van der Waals surface area contributed by atoms with Crippen molar-refractivity contribution < 1.29 is 13.5 Å². The van der Waals surface area contributed by atoms with Crippen molar-refractivity contribution in [1.29, 1.82) is 0 Å². The lowest BCUT2D eigenvalue weighted by molar-refractivity contribution is 0.470. The summed E-state index contributed by atoms with van der Waals surface area (Å²) in [6.07, 6.45) is 5.36.